The highest BCUT2D eigenvalue weighted by molar-refractivity contribution is 8.47. The van der Waals surface area contributed by atoms with E-state index in [4.69, 9.17) is 39.0 Å². The van der Waals surface area contributed by atoms with E-state index in [1.54, 1.807) is 0 Å². The summed E-state index contributed by atoms with van der Waals surface area (Å²) in [6, 6.07) is 0. The Labute approximate surface area is 247 Å². The molecule has 0 aromatic carbocycles. The minimum atomic E-state index is -4.03. The number of nitrogens with zero attached hydrogens (tertiary/aromatic N) is 8. The molecule has 3 aliphatic rings. The van der Waals surface area contributed by atoms with Crippen molar-refractivity contribution in [2.75, 3.05) is 24.7 Å². The molecule has 0 saturated carbocycles. The Balaban J connectivity index is 1.17. The van der Waals surface area contributed by atoms with E-state index in [1.807, 2.05) is 0 Å². The predicted octanol–water partition coefficient (Wildman–Crippen LogP) is -0.579. The van der Waals surface area contributed by atoms with E-state index in [0.717, 1.165) is 0 Å². The summed E-state index contributed by atoms with van der Waals surface area (Å²) < 4.78 is 50.2. The molecule has 4 aromatic rings. The van der Waals surface area contributed by atoms with Gasteiger partial charge in [0.2, 0.25) is 0 Å². The Morgan fingerprint density at radius 2 is 1.47 bits per heavy atom. The average molecular weight is 658 g/mol. The van der Waals surface area contributed by atoms with Crippen molar-refractivity contribution in [3.05, 3.63) is 25.3 Å². The molecule has 20 nitrogen and oxygen atoms in total. The van der Waals surface area contributed by atoms with Gasteiger partial charge in [-0.2, -0.15) is 13.9 Å². The summed E-state index contributed by atoms with van der Waals surface area (Å²) in [4.78, 5) is 35.6. The molecule has 3 fully saturated rings. The molecule has 228 valence electrons. The van der Waals surface area contributed by atoms with Gasteiger partial charge >= 0.3 is 15.4 Å². The number of hydrogen-bond donors (Lipinski definition) is 6. The highest BCUT2D eigenvalue weighted by Gasteiger charge is 2.58. The quantitative estimate of drug-likeness (QED) is 0.116. The van der Waals surface area contributed by atoms with Crippen LogP contribution >= 0.6 is 27.6 Å². The van der Waals surface area contributed by atoms with Crippen LogP contribution in [0, 0.1) is 0 Å². The van der Waals surface area contributed by atoms with Crippen LogP contribution in [0.4, 0.5) is 11.6 Å². The van der Waals surface area contributed by atoms with Crippen molar-refractivity contribution in [3.8, 4) is 0 Å². The summed E-state index contributed by atoms with van der Waals surface area (Å²) in [6.07, 6.45) is -4.80. The number of aromatic nitrogens is 8. The molecule has 3 aliphatic heterocycles. The maximum atomic E-state index is 12.9. The van der Waals surface area contributed by atoms with Crippen molar-refractivity contribution in [2.45, 2.75) is 49.1 Å². The van der Waals surface area contributed by atoms with Crippen LogP contribution in [0.5, 0.6) is 0 Å². The smallest absolute Gasteiger partial charge is 0.387 e. The zero-order chi connectivity index (χ0) is 30.0. The van der Waals surface area contributed by atoms with Gasteiger partial charge in [0.1, 0.15) is 61.3 Å². The van der Waals surface area contributed by atoms with Crippen LogP contribution < -0.4 is 11.5 Å². The van der Waals surface area contributed by atoms with E-state index in [9.17, 15) is 19.7 Å². The van der Waals surface area contributed by atoms with Crippen LogP contribution in [-0.4, -0.2) is 104 Å². The zero-order valence-corrected chi connectivity index (χ0v) is 24.3. The first kappa shape index (κ1) is 29.0. The fourth-order valence-electron chi connectivity index (χ4n) is 5.14. The molecule has 0 amide bonds. The van der Waals surface area contributed by atoms with E-state index in [1.165, 1.54) is 34.4 Å². The molecule has 10 atom stereocenters. The zero-order valence-electron chi connectivity index (χ0n) is 21.6. The Hall–Kier alpha value is -2.78. The summed E-state index contributed by atoms with van der Waals surface area (Å²) in [6.45, 7) is -0.880. The molecular weight excluding hydrogens is 634 g/mol. The van der Waals surface area contributed by atoms with Crippen molar-refractivity contribution in [3.63, 3.8) is 0 Å². The van der Waals surface area contributed by atoms with Gasteiger partial charge in [0, 0.05) is 4.57 Å². The number of imidazole rings is 2. The highest BCUT2D eigenvalue weighted by atomic mass is 32.7. The van der Waals surface area contributed by atoms with Gasteiger partial charge in [0.25, 0.3) is 0 Å². The molecule has 4 aromatic heterocycles. The van der Waals surface area contributed by atoms with Gasteiger partial charge in [-0.15, -0.1) is 9.05 Å². The normalized spacial score (nSPS) is 36.3. The summed E-state index contributed by atoms with van der Waals surface area (Å²) in [5.41, 5.74) is 12.9. The monoisotopic (exact) mass is 658 g/mol. The molecule has 3 saturated heterocycles. The minimum Gasteiger partial charge on any atom is -0.387 e. The molecule has 0 spiro atoms. The van der Waals surface area contributed by atoms with Gasteiger partial charge in [-0.05, 0) is 0 Å². The van der Waals surface area contributed by atoms with Gasteiger partial charge < -0.3 is 31.2 Å². The average Bonchev–Trinajstić information content (AvgIpc) is 3.73. The molecule has 7 rings (SSSR count). The van der Waals surface area contributed by atoms with Gasteiger partial charge in [0.15, 0.2) is 47.6 Å². The predicted molar refractivity (Wildman–Crippen MR) is 147 cm³/mol. The van der Waals surface area contributed by atoms with Crippen molar-refractivity contribution in [1.82, 2.24) is 39.0 Å². The first-order valence-electron chi connectivity index (χ1n) is 12.6. The number of thiol groups is 1. The fourth-order valence-corrected chi connectivity index (χ4v) is 7.41. The van der Waals surface area contributed by atoms with Crippen molar-refractivity contribution < 1.29 is 47.2 Å². The van der Waals surface area contributed by atoms with Crippen molar-refractivity contribution in [2.24, 2.45) is 0 Å². The fraction of sp³-hybridized carbons (Fsp3) is 0.500. The topological polar surface area (TPSA) is 272 Å². The molecule has 0 radical (unpaired) electrons. The number of anilines is 2. The summed E-state index contributed by atoms with van der Waals surface area (Å²) >= 11 is 4.21. The Bertz CT molecular complexity index is 1700. The van der Waals surface area contributed by atoms with Crippen LogP contribution in [0.15, 0.2) is 25.3 Å². The molecule has 2 bridgehead atoms. The first-order chi connectivity index (χ1) is 20.6. The summed E-state index contributed by atoms with van der Waals surface area (Å²) in [5.74, 6) is 0.234. The third-order valence-electron chi connectivity index (χ3n) is 7.16. The number of hydrogen-bond acceptors (Lipinski definition) is 19. The lowest BCUT2D eigenvalue weighted by atomic mass is 10.1. The second kappa shape index (κ2) is 11.0. The SMILES string of the molecule is Nc1ncnc2c1ncn2[C@@H]1O[C@@H]2CO[P+](O)(S)O[C@@H]3[C@H](O)[C@@H](CO[P+](=O)O[C@H]2[C@H]1O)O[C@H]3n1cnc2c(N)ncnc21. The standard InChI is InChI=1S/C20H24N10O10P2S/c21-15-9-17(25-3-23-15)29(5-27-9)19-12(32)13-8(38-19)2-36-42(34,43)40-14-11(31)7(1-35-41(33)39-13)37-20(14)30-6-28-10-16(22)24-4-26-18(10)30/h3-8,11-14,19-20,31-32,34,43H,1-2H2,(H2,21,23,25)(H2,22,24,26)/q+2/t7-,8-,11-,12-,13-,14-,19-,20-,42?/m1/s1. The third kappa shape index (κ3) is 5.10. The second-order valence-electron chi connectivity index (χ2n) is 9.72. The number of nitrogens with two attached hydrogens (primary N) is 2. The second-order valence-corrected chi connectivity index (χ2v) is 13.6. The van der Waals surface area contributed by atoms with Gasteiger partial charge in [-0.25, -0.2) is 29.9 Å². The number of nitrogen functional groups attached to an aromatic ring is 2. The molecular formula is C20H24N10O10P2S+2. The van der Waals surface area contributed by atoms with Gasteiger partial charge in [-0.3, -0.25) is 9.13 Å². The number of fused-ring (bicyclic) bond motifs is 5. The molecule has 43 heavy (non-hydrogen) atoms. The largest absolute Gasteiger partial charge is 0.697 e. The lowest BCUT2D eigenvalue weighted by Crippen LogP contribution is -2.36. The number of ether oxygens (including phenoxy) is 2. The maximum Gasteiger partial charge on any atom is 0.697 e. The van der Waals surface area contributed by atoms with E-state index in [-0.39, 0.29) is 34.0 Å². The first-order valence-corrected chi connectivity index (χ1v) is 16.4. The number of aliphatic hydroxyl groups is 2. The van der Waals surface area contributed by atoms with Crippen LogP contribution in [-0.2, 0) is 32.1 Å². The Kier molecular flexibility index (Phi) is 7.40. The molecule has 2 unspecified atom stereocenters. The molecule has 7 heterocycles. The number of rotatable bonds is 2. The molecule has 0 aliphatic carbocycles. The molecule has 23 heteroatoms. The lowest BCUT2D eigenvalue weighted by molar-refractivity contribution is -0.0595. The van der Waals surface area contributed by atoms with Crippen LogP contribution in [0.3, 0.4) is 0 Å². The van der Waals surface area contributed by atoms with Crippen molar-refractivity contribution >= 4 is 61.6 Å². The van der Waals surface area contributed by atoms with Crippen LogP contribution in [0.1, 0.15) is 12.5 Å². The van der Waals surface area contributed by atoms with Crippen LogP contribution in [0.25, 0.3) is 22.3 Å². The Morgan fingerprint density at radius 3 is 2.12 bits per heavy atom. The van der Waals surface area contributed by atoms with E-state index >= 15 is 0 Å². The molecule has 7 N–H and O–H groups in total. The van der Waals surface area contributed by atoms with E-state index in [0.29, 0.717) is 0 Å². The van der Waals surface area contributed by atoms with Gasteiger partial charge in [0.05, 0.1) is 24.9 Å². The van der Waals surface area contributed by atoms with Crippen LogP contribution in [0.2, 0.25) is 0 Å². The highest BCUT2D eigenvalue weighted by Crippen LogP contribution is 2.64. The van der Waals surface area contributed by atoms with E-state index in [2.05, 4.69) is 42.2 Å². The minimum absolute atomic E-state index is 0.115. The Morgan fingerprint density at radius 1 is 0.860 bits per heavy atom. The van der Waals surface area contributed by atoms with E-state index < -0.39 is 77.7 Å². The van der Waals surface area contributed by atoms with Gasteiger partial charge in [-0.1, -0.05) is 0 Å². The summed E-state index contributed by atoms with van der Waals surface area (Å²) in [5, 5.41) is 22.3. The maximum absolute atomic E-state index is 12.9. The number of aliphatic hydroxyl groups excluding tert-OH is 2. The lowest BCUT2D eigenvalue weighted by Gasteiger charge is -2.23. The summed E-state index contributed by atoms with van der Waals surface area (Å²) in [7, 11) is -6.92. The van der Waals surface area contributed by atoms with Crippen molar-refractivity contribution in [1.29, 1.82) is 0 Å². The third-order valence-corrected chi connectivity index (χ3v) is 9.57.